The molecule has 0 spiro atoms. The highest BCUT2D eigenvalue weighted by molar-refractivity contribution is 5.65. The van der Waals surface area contributed by atoms with Gasteiger partial charge in [-0.1, -0.05) is 115 Å². The van der Waals surface area contributed by atoms with Crippen LogP contribution in [0.4, 0.5) is 5.69 Å². The Kier molecular flexibility index (Phi) is 12.7. The molecule has 4 rings (SSSR count). The summed E-state index contributed by atoms with van der Waals surface area (Å²) >= 11 is 0. The average molecular weight is 549 g/mol. The lowest BCUT2D eigenvalue weighted by atomic mass is 9.70. The Morgan fingerprint density at radius 2 is 1.49 bits per heavy atom. The summed E-state index contributed by atoms with van der Waals surface area (Å²) in [5.41, 5.74) is 9.23. The van der Waals surface area contributed by atoms with E-state index < -0.39 is 0 Å². The van der Waals surface area contributed by atoms with Crippen LogP contribution in [0, 0.1) is 31.1 Å². The summed E-state index contributed by atoms with van der Waals surface area (Å²) in [6, 6.07) is 25.7. The number of aryl methyl sites for hydroxylation is 2. The minimum absolute atomic E-state index is 0.143. The number of hydrogen-bond acceptors (Lipinski definition) is 2. The van der Waals surface area contributed by atoms with Gasteiger partial charge >= 0.3 is 0 Å². The molecule has 1 saturated carbocycles. The molecule has 1 aliphatic rings. The second kappa shape index (κ2) is 16.2. The van der Waals surface area contributed by atoms with Gasteiger partial charge in [0.1, 0.15) is 0 Å². The lowest BCUT2D eigenvalue weighted by Crippen LogP contribution is -2.26. The van der Waals surface area contributed by atoms with Crippen molar-refractivity contribution in [1.82, 2.24) is 0 Å². The van der Waals surface area contributed by atoms with Gasteiger partial charge in [-0.2, -0.15) is 5.26 Å². The second-order valence-corrected chi connectivity index (χ2v) is 12.4. The van der Waals surface area contributed by atoms with Gasteiger partial charge in [-0.25, -0.2) is 0 Å². The number of nitrogens with one attached hydrogen (secondary N) is 1. The van der Waals surface area contributed by atoms with Crippen molar-refractivity contribution in [3.63, 3.8) is 0 Å². The molecule has 2 heteroatoms. The van der Waals surface area contributed by atoms with Gasteiger partial charge in [0.2, 0.25) is 0 Å². The minimum Gasteiger partial charge on any atom is -0.359 e. The molecule has 0 amide bonds. The molecule has 218 valence electrons. The van der Waals surface area contributed by atoms with Crippen molar-refractivity contribution in [2.24, 2.45) is 5.92 Å². The first-order valence-electron chi connectivity index (χ1n) is 15.9. The van der Waals surface area contributed by atoms with Gasteiger partial charge < -0.3 is 5.32 Å². The molecule has 2 nitrogen and oxygen atoms in total. The van der Waals surface area contributed by atoms with Crippen molar-refractivity contribution in [2.75, 3.05) is 5.32 Å². The van der Waals surface area contributed by atoms with Gasteiger partial charge in [-0.3, -0.25) is 0 Å². The first-order valence-corrected chi connectivity index (χ1v) is 15.9. The third-order valence-electron chi connectivity index (χ3n) is 8.62. The summed E-state index contributed by atoms with van der Waals surface area (Å²) in [6.07, 6.45) is 14.1. The highest BCUT2D eigenvalue weighted by Crippen LogP contribution is 2.40. The van der Waals surface area contributed by atoms with Crippen LogP contribution >= 0.6 is 0 Å². The van der Waals surface area contributed by atoms with Gasteiger partial charge in [0.05, 0.1) is 11.6 Å². The van der Waals surface area contributed by atoms with Crippen LogP contribution in [-0.4, -0.2) is 0 Å². The zero-order chi connectivity index (χ0) is 29.7. The highest BCUT2D eigenvalue weighted by Gasteiger charge is 2.30. The Morgan fingerprint density at radius 1 is 0.854 bits per heavy atom. The van der Waals surface area contributed by atoms with Gasteiger partial charge in [0.25, 0.3) is 0 Å². The third kappa shape index (κ3) is 9.93. The number of rotatable bonds is 11. The molecule has 0 saturated heterocycles. The molecule has 1 fully saturated rings. The number of hydrogen-bond donors (Lipinski definition) is 1. The van der Waals surface area contributed by atoms with Gasteiger partial charge in [0.15, 0.2) is 0 Å². The Bertz CT molecular complexity index is 1250. The van der Waals surface area contributed by atoms with E-state index in [0.29, 0.717) is 5.56 Å². The van der Waals surface area contributed by atoms with E-state index in [1.54, 1.807) is 0 Å². The van der Waals surface area contributed by atoms with Crippen LogP contribution in [0.25, 0.3) is 11.1 Å². The summed E-state index contributed by atoms with van der Waals surface area (Å²) in [5.74, 6) is 1.04. The topological polar surface area (TPSA) is 35.8 Å². The first kappa shape index (κ1) is 32.2. The Hall–Kier alpha value is -3.31. The molecule has 0 atom stereocenters. The lowest BCUT2D eigenvalue weighted by molar-refractivity contribution is 0.330. The van der Waals surface area contributed by atoms with Crippen molar-refractivity contribution in [2.45, 2.75) is 111 Å². The van der Waals surface area contributed by atoms with Crippen LogP contribution < -0.4 is 5.32 Å². The molecule has 0 heterocycles. The predicted octanol–water partition coefficient (Wildman–Crippen LogP) is 11.7. The van der Waals surface area contributed by atoms with Crippen molar-refractivity contribution >= 4 is 5.69 Å². The third-order valence-corrected chi connectivity index (χ3v) is 8.62. The molecule has 1 N–H and O–H groups in total. The maximum atomic E-state index is 9.24. The molecule has 1 aliphatic carbocycles. The predicted molar refractivity (Wildman–Crippen MR) is 178 cm³/mol. The first-order chi connectivity index (χ1) is 19.8. The monoisotopic (exact) mass is 548 g/mol. The molecule has 41 heavy (non-hydrogen) atoms. The number of nitriles is 1. The quantitative estimate of drug-likeness (QED) is 0.259. The second-order valence-electron chi connectivity index (χ2n) is 12.4. The van der Waals surface area contributed by atoms with E-state index in [1.165, 1.54) is 61.6 Å². The minimum atomic E-state index is 0.143. The summed E-state index contributed by atoms with van der Waals surface area (Å²) < 4.78 is 0. The smallest absolute Gasteiger partial charge is 0.0991 e. The average Bonchev–Trinajstić information content (AvgIpc) is 2.96. The largest absolute Gasteiger partial charge is 0.359 e. The van der Waals surface area contributed by atoms with Gasteiger partial charge in [-0.05, 0) is 103 Å². The van der Waals surface area contributed by atoms with Crippen molar-refractivity contribution < 1.29 is 0 Å². The van der Waals surface area contributed by atoms with Crippen LogP contribution in [0.2, 0.25) is 0 Å². The van der Waals surface area contributed by atoms with E-state index in [9.17, 15) is 5.26 Å². The molecule has 0 aliphatic heterocycles. The number of nitrogens with zero attached hydrogens (tertiary/aromatic N) is 1. The fraction of sp³-hybridized carbons (Fsp3) is 0.462. The van der Waals surface area contributed by atoms with Gasteiger partial charge in [-0.15, -0.1) is 0 Å². The molecular weight excluding hydrogens is 496 g/mol. The Morgan fingerprint density at radius 3 is 2.02 bits per heavy atom. The molecule has 0 unspecified atom stereocenters. The van der Waals surface area contributed by atoms with Crippen LogP contribution in [-0.2, 0) is 5.41 Å². The number of benzene rings is 3. The summed E-state index contributed by atoms with van der Waals surface area (Å²) in [6.45, 7) is 15.6. The van der Waals surface area contributed by atoms with E-state index in [1.807, 2.05) is 18.2 Å². The summed E-state index contributed by atoms with van der Waals surface area (Å²) in [7, 11) is 0. The molecular formula is C39H52N2. The number of allylic oxidation sites excluding steroid dienone is 1. The van der Waals surface area contributed by atoms with Crippen molar-refractivity contribution in [1.29, 1.82) is 5.26 Å². The number of anilines is 1. The van der Waals surface area contributed by atoms with E-state index in [0.717, 1.165) is 54.1 Å². The Balaban J connectivity index is 0.000000575. The van der Waals surface area contributed by atoms with E-state index >= 15 is 0 Å². The fourth-order valence-electron chi connectivity index (χ4n) is 6.56. The maximum Gasteiger partial charge on any atom is 0.0991 e. The zero-order valence-electron chi connectivity index (χ0n) is 26.4. The lowest BCUT2D eigenvalue weighted by Gasteiger charge is -2.35. The van der Waals surface area contributed by atoms with Crippen molar-refractivity contribution in [3.05, 3.63) is 101 Å². The molecule has 3 aromatic rings. The SMILES string of the molecule is C=C(CCC(CCC)(CCC)c1ccc(-c2cccc(C#N)c2)cc1)Nc1cc(C)cc(C)c1.CC1CCCCC1. The van der Waals surface area contributed by atoms with Gasteiger partial charge in [0, 0.05) is 11.4 Å². The van der Waals surface area contributed by atoms with Crippen LogP contribution in [0.3, 0.4) is 0 Å². The maximum absolute atomic E-state index is 9.24. The summed E-state index contributed by atoms with van der Waals surface area (Å²) in [5, 5.41) is 12.8. The molecule has 0 bridgehead atoms. The van der Waals surface area contributed by atoms with Crippen molar-refractivity contribution in [3.8, 4) is 17.2 Å². The van der Waals surface area contributed by atoms with E-state index in [4.69, 9.17) is 0 Å². The van der Waals surface area contributed by atoms with Crippen LogP contribution in [0.5, 0.6) is 0 Å². The zero-order valence-corrected chi connectivity index (χ0v) is 26.4. The van der Waals surface area contributed by atoms with E-state index in [-0.39, 0.29) is 5.41 Å². The molecule has 3 aromatic carbocycles. The molecule has 0 aromatic heterocycles. The van der Waals surface area contributed by atoms with E-state index in [2.05, 4.69) is 101 Å². The Labute approximate surface area is 250 Å². The van der Waals surface area contributed by atoms with Crippen LogP contribution in [0.15, 0.2) is 79.0 Å². The molecule has 0 radical (unpaired) electrons. The normalized spacial score (nSPS) is 13.6. The fourth-order valence-corrected chi connectivity index (χ4v) is 6.56. The van der Waals surface area contributed by atoms with Crippen LogP contribution in [0.1, 0.15) is 114 Å². The summed E-state index contributed by atoms with van der Waals surface area (Å²) in [4.78, 5) is 0. The highest BCUT2D eigenvalue weighted by atomic mass is 14.9. The standard InChI is InChI=1S/C32H38N2.C7H14/c1-6-16-32(17-7-2,18-15-26(5)34-31-20-24(3)19-25(4)21-31)30-13-11-28(12-14-30)29-10-8-9-27(22-29)23-33;1-7-5-3-2-4-6-7/h8-14,19-22,34H,5-7,15-18H2,1-4H3;7H,2-6H2,1H3.